The summed E-state index contributed by atoms with van der Waals surface area (Å²) in [7, 11) is -7.81. The van der Waals surface area contributed by atoms with E-state index in [1.165, 1.54) is 42.5 Å². The fraction of sp³-hybridized carbons (Fsp3) is 0.0500. The fourth-order valence-electron chi connectivity index (χ4n) is 2.87. The SMILES string of the molecule is O=C1COc2ccc(S(=O)(=O)Nc3ccc(S(=O)(=O)Nc4ccccc4)cc3)cc2N1. The van der Waals surface area contributed by atoms with Crippen LogP contribution < -0.4 is 19.5 Å². The minimum atomic E-state index is -3.98. The highest BCUT2D eigenvalue weighted by molar-refractivity contribution is 7.93. The molecule has 0 saturated carbocycles. The fourth-order valence-corrected chi connectivity index (χ4v) is 5.01. The molecule has 3 aromatic carbocycles. The van der Waals surface area contributed by atoms with Gasteiger partial charge in [0.25, 0.3) is 26.0 Å². The van der Waals surface area contributed by atoms with E-state index in [2.05, 4.69) is 14.8 Å². The minimum Gasteiger partial charge on any atom is -0.482 e. The van der Waals surface area contributed by atoms with E-state index in [0.717, 1.165) is 0 Å². The van der Waals surface area contributed by atoms with Crippen LogP contribution in [-0.2, 0) is 24.8 Å². The first-order chi connectivity index (χ1) is 14.7. The highest BCUT2D eigenvalue weighted by atomic mass is 32.2. The highest BCUT2D eigenvalue weighted by Crippen LogP contribution is 2.31. The second kappa shape index (κ2) is 7.93. The van der Waals surface area contributed by atoms with Crippen molar-refractivity contribution in [3.8, 4) is 5.75 Å². The predicted octanol–water partition coefficient (Wildman–Crippen LogP) is 2.62. The number of anilines is 3. The average Bonchev–Trinajstić information content (AvgIpc) is 2.73. The first-order valence-corrected chi connectivity index (χ1v) is 12.0. The Morgan fingerprint density at radius 1 is 0.742 bits per heavy atom. The van der Waals surface area contributed by atoms with Gasteiger partial charge >= 0.3 is 0 Å². The lowest BCUT2D eigenvalue weighted by Crippen LogP contribution is -2.25. The lowest BCUT2D eigenvalue weighted by molar-refractivity contribution is -0.118. The molecular weight excluding hydrogens is 442 g/mol. The molecule has 11 heteroatoms. The molecule has 1 aliphatic rings. The predicted molar refractivity (Wildman–Crippen MR) is 115 cm³/mol. The number of nitrogens with one attached hydrogen (secondary N) is 3. The summed E-state index contributed by atoms with van der Waals surface area (Å²) in [5.41, 5.74) is 0.847. The van der Waals surface area contributed by atoms with Crippen molar-refractivity contribution in [2.75, 3.05) is 21.4 Å². The molecule has 9 nitrogen and oxygen atoms in total. The molecule has 160 valence electrons. The number of hydrogen-bond acceptors (Lipinski definition) is 6. The van der Waals surface area contributed by atoms with Gasteiger partial charge in [0.05, 0.1) is 15.5 Å². The van der Waals surface area contributed by atoms with Crippen molar-refractivity contribution in [3.63, 3.8) is 0 Å². The van der Waals surface area contributed by atoms with Crippen LogP contribution >= 0.6 is 0 Å². The summed E-state index contributed by atoms with van der Waals surface area (Å²) in [6.07, 6.45) is 0. The van der Waals surface area contributed by atoms with Gasteiger partial charge in [-0.05, 0) is 54.6 Å². The average molecular weight is 460 g/mol. The Balaban J connectivity index is 1.52. The van der Waals surface area contributed by atoms with E-state index in [4.69, 9.17) is 4.74 Å². The molecule has 31 heavy (non-hydrogen) atoms. The number of ether oxygens (including phenoxy) is 1. The van der Waals surface area contributed by atoms with Gasteiger partial charge in [0, 0.05) is 11.4 Å². The number of rotatable bonds is 6. The van der Waals surface area contributed by atoms with Gasteiger partial charge in [-0.25, -0.2) is 16.8 Å². The zero-order valence-corrected chi connectivity index (χ0v) is 17.5. The molecule has 1 heterocycles. The van der Waals surface area contributed by atoms with Crippen LogP contribution in [0.25, 0.3) is 0 Å². The first kappa shape index (κ1) is 20.7. The molecule has 0 saturated heterocycles. The van der Waals surface area contributed by atoms with Crippen LogP contribution in [0.4, 0.5) is 17.1 Å². The number of benzene rings is 3. The van der Waals surface area contributed by atoms with Crippen LogP contribution in [-0.4, -0.2) is 29.3 Å². The van der Waals surface area contributed by atoms with E-state index in [-0.39, 0.29) is 33.7 Å². The van der Waals surface area contributed by atoms with Crippen LogP contribution in [0, 0.1) is 0 Å². The van der Waals surface area contributed by atoms with E-state index in [1.54, 1.807) is 30.3 Å². The highest BCUT2D eigenvalue weighted by Gasteiger charge is 2.21. The van der Waals surface area contributed by atoms with Crippen LogP contribution in [0.1, 0.15) is 0 Å². The maximum atomic E-state index is 12.7. The molecule has 1 aliphatic heterocycles. The lowest BCUT2D eigenvalue weighted by atomic mass is 10.2. The summed E-state index contributed by atoms with van der Waals surface area (Å²) >= 11 is 0. The van der Waals surface area contributed by atoms with Crippen LogP contribution in [0.15, 0.2) is 82.6 Å². The minimum absolute atomic E-state index is 0.0204. The third-order valence-electron chi connectivity index (χ3n) is 4.34. The van der Waals surface area contributed by atoms with E-state index >= 15 is 0 Å². The Kier molecular flexibility index (Phi) is 5.29. The summed E-state index contributed by atoms with van der Waals surface area (Å²) in [6.45, 7) is -0.133. The third kappa shape index (κ3) is 4.62. The van der Waals surface area contributed by atoms with E-state index in [1.807, 2.05) is 0 Å². The van der Waals surface area contributed by atoms with Crippen molar-refractivity contribution in [1.82, 2.24) is 0 Å². The quantitative estimate of drug-likeness (QED) is 0.519. The van der Waals surface area contributed by atoms with E-state index in [0.29, 0.717) is 11.4 Å². The van der Waals surface area contributed by atoms with Crippen molar-refractivity contribution in [2.24, 2.45) is 0 Å². The zero-order chi connectivity index (χ0) is 22.1. The Morgan fingerprint density at radius 2 is 1.32 bits per heavy atom. The Bertz CT molecular complexity index is 1340. The van der Waals surface area contributed by atoms with Crippen LogP contribution in [0.5, 0.6) is 5.75 Å². The molecule has 0 fully saturated rings. The maximum Gasteiger partial charge on any atom is 0.262 e. The van der Waals surface area contributed by atoms with E-state index in [9.17, 15) is 21.6 Å². The maximum absolute atomic E-state index is 12.7. The van der Waals surface area contributed by atoms with Crippen molar-refractivity contribution >= 4 is 43.0 Å². The molecule has 0 atom stereocenters. The summed E-state index contributed by atoms with van der Waals surface area (Å²) in [6, 6.07) is 17.8. The number of sulfonamides is 2. The van der Waals surface area contributed by atoms with Gasteiger partial charge in [0.1, 0.15) is 5.75 Å². The molecule has 3 N–H and O–H groups in total. The molecule has 0 aliphatic carbocycles. The summed E-state index contributed by atoms with van der Waals surface area (Å²) < 4.78 is 60.4. The Morgan fingerprint density at radius 3 is 2.00 bits per heavy atom. The molecule has 0 spiro atoms. The first-order valence-electron chi connectivity index (χ1n) is 9.00. The number of fused-ring (bicyclic) bond motifs is 1. The lowest BCUT2D eigenvalue weighted by Gasteiger charge is -2.18. The van der Waals surface area contributed by atoms with Gasteiger partial charge in [-0.2, -0.15) is 0 Å². The van der Waals surface area contributed by atoms with Gasteiger partial charge in [-0.15, -0.1) is 0 Å². The topological polar surface area (TPSA) is 131 Å². The summed E-state index contributed by atoms with van der Waals surface area (Å²) in [5.74, 6) is -0.00468. The number of hydrogen-bond donors (Lipinski definition) is 3. The third-order valence-corrected chi connectivity index (χ3v) is 7.11. The normalized spacial score (nSPS) is 13.5. The second-order valence-corrected chi connectivity index (χ2v) is 9.96. The molecular formula is C20H17N3O6S2. The van der Waals surface area contributed by atoms with Crippen molar-refractivity contribution < 1.29 is 26.4 Å². The molecule has 0 radical (unpaired) electrons. The number of carbonyl (C=O) groups excluding carboxylic acids is 1. The molecule has 0 bridgehead atoms. The summed E-state index contributed by atoms with van der Waals surface area (Å²) in [4.78, 5) is 11.3. The number of amides is 1. The van der Waals surface area contributed by atoms with E-state index < -0.39 is 20.0 Å². The number of para-hydroxylation sites is 1. The molecule has 1 amide bonds. The monoisotopic (exact) mass is 459 g/mol. The largest absolute Gasteiger partial charge is 0.482 e. The molecule has 3 aromatic rings. The Labute approximate surface area is 179 Å². The molecule has 0 unspecified atom stereocenters. The molecule has 0 aromatic heterocycles. The molecule has 4 rings (SSSR count). The van der Waals surface area contributed by atoms with Gasteiger partial charge in [-0.1, -0.05) is 18.2 Å². The zero-order valence-electron chi connectivity index (χ0n) is 15.9. The second-order valence-electron chi connectivity index (χ2n) is 6.60. The van der Waals surface area contributed by atoms with Crippen molar-refractivity contribution in [2.45, 2.75) is 9.79 Å². The van der Waals surface area contributed by atoms with Crippen LogP contribution in [0.3, 0.4) is 0 Å². The van der Waals surface area contributed by atoms with Gasteiger partial charge in [0.15, 0.2) is 6.61 Å². The van der Waals surface area contributed by atoms with Gasteiger partial charge in [0.2, 0.25) is 0 Å². The van der Waals surface area contributed by atoms with Gasteiger partial charge < -0.3 is 10.1 Å². The van der Waals surface area contributed by atoms with Crippen molar-refractivity contribution in [1.29, 1.82) is 0 Å². The van der Waals surface area contributed by atoms with Crippen molar-refractivity contribution in [3.05, 3.63) is 72.8 Å². The summed E-state index contributed by atoms with van der Waals surface area (Å²) in [5, 5.41) is 2.55. The number of carbonyl (C=O) groups is 1. The smallest absolute Gasteiger partial charge is 0.262 e. The standard InChI is InChI=1S/C20H17N3O6S2/c24-20-13-29-19-11-10-17(12-18(19)21-20)31(27,28)23-15-6-8-16(9-7-15)30(25,26)22-14-4-2-1-3-5-14/h1-12,22-23H,13H2,(H,21,24). The van der Waals surface area contributed by atoms with Gasteiger partial charge in [-0.3, -0.25) is 14.2 Å². The van der Waals surface area contributed by atoms with Crippen LogP contribution in [0.2, 0.25) is 0 Å². The Hall–Kier alpha value is -3.57.